The monoisotopic (exact) mass is 377 g/mol. The third kappa shape index (κ3) is 3.57. The third-order valence-electron chi connectivity index (χ3n) is 4.54. The Balaban J connectivity index is 1.34. The zero-order chi connectivity index (χ0) is 19.5. The van der Waals surface area contributed by atoms with Crippen molar-refractivity contribution in [2.24, 2.45) is 0 Å². The average Bonchev–Trinajstić information content (AvgIpc) is 3.12. The summed E-state index contributed by atoms with van der Waals surface area (Å²) in [4.78, 5) is 44.4. The molecule has 0 spiro atoms. The van der Waals surface area contributed by atoms with E-state index in [4.69, 9.17) is 0 Å². The number of fused-ring (bicyclic) bond motifs is 2. The van der Waals surface area contributed by atoms with Crippen molar-refractivity contribution in [1.29, 1.82) is 0 Å². The molecule has 8 nitrogen and oxygen atoms in total. The zero-order valence-corrected chi connectivity index (χ0v) is 15.1. The molecule has 28 heavy (non-hydrogen) atoms. The van der Waals surface area contributed by atoms with Crippen LogP contribution in [0.15, 0.2) is 58.1 Å². The standard InChI is InChI=1S/C20H19N5O3/c26-18(12-25-20(28)14-7-2-1-6-13(14)19(27)24-25)21-11-5-10-17-22-15-8-3-4-9-16(15)23-17/h1-4,6-9H,5,10-12H2,(H,21,26)(H,22,23)(H,24,27). The summed E-state index contributed by atoms with van der Waals surface area (Å²) in [6.07, 6.45) is 1.40. The molecule has 0 unspecified atom stereocenters. The number of carbonyl (C=O) groups is 1. The van der Waals surface area contributed by atoms with E-state index in [1.807, 2.05) is 24.3 Å². The molecule has 0 radical (unpaired) electrons. The lowest BCUT2D eigenvalue weighted by Gasteiger charge is -2.08. The number of imidazole rings is 1. The maximum Gasteiger partial charge on any atom is 0.273 e. The quantitative estimate of drug-likeness (QED) is 0.440. The van der Waals surface area contributed by atoms with E-state index in [0.29, 0.717) is 30.2 Å². The number of hydrogen-bond donors (Lipinski definition) is 3. The molecule has 142 valence electrons. The molecule has 0 bridgehead atoms. The Morgan fingerprint density at radius 2 is 1.79 bits per heavy atom. The average molecular weight is 377 g/mol. The Kier molecular flexibility index (Phi) is 4.76. The van der Waals surface area contributed by atoms with Gasteiger partial charge in [-0.2, -0.15) is 0 Å². The summed E-state index contributed by atoms with van der Waals surface area (Å²) >= 11 is 0. The maximum absolute atomic E-state index is 12.4. The first-order valence-electron chi connectivity index (χ1n) is 9.04. The van der Waals surface area contributed by atoms with Crippen molar-refractivity contribution in [3.63, 3.8) is 0 Å². The lowest BCUT2D eigenvalue weighted by Crippen LogP contribution is -2.37. The number of amides is 1. The predicted molar refractivity (Wildman–Crippen MR) is 106 cm³/mol. The summed E-state index contributed by atoms with van der Waals surface area (Å²) in [5.41, 5.74) is 1.11. The van der Waals surface area contributed by atoms with Crippen LogP contribution in [0, 0.1) is 0 Å². The van der Waals surface area contributed by atoms with Gasteiger partial charge in [-0.3, -0.25) is 19.5 Å². The Labute approximate surface area is 159 Å². The Morgan fingerprint density at radius 1 is 1.04 bits per heavy atom. The van der Waals surface area contributed by atoms with E-state index in [1.165, 1.54) is 0 Å². The summed E-state index contributed by atoms with van der Waals surface area (Å²) in [5, 5.41) is 5.83. The number of aryl methyl sites for hydroxylation is 1. The molecule has 8 heteroatoms. The molecule has 3 N–H and O–H groups in total. The SMILES string of the molecule is O=C(Cn1[nH]c(=O)c2ccccc2c1=O)NCCCc1nc2ccccc2[nH]1. The molecule has 0 fully saturated rings. The van der Waals surface area contributed by atoms with Gasteiger partial charge in [-0.05, 0) is 30.7 Å². The second-order valence-corrected chi connectivity index (χ2v) is 6.53. The van der Waals surface area contributed by atoms with Crippen molar-refractivity contribution < 1.29 is 4.79 Å². The van der Waals surface area contributed by atoms with Gasteiger partial charge in [-0.1, -0.05) is 24.3 Å². The molecule has 0 aliphatic carbocycles. The Hall–Kier alpha value is -3.68. The van der Waals surface area contributed by atoms with Crippen LogP contribution in [-0.4, -0.2) is 32.2 Å². The fraction of sp³-hybridized carbons (Fsp3) is 0.200. The van der Waals surface area contributed by atoms with E-state index in [1.54, 1.807) is 24.3 Å². The van der Waals surface area contributed by atoms with Crippen LogP contribution in [0.1, 0.15) is 12.2 Å². The first-order chi connectivity index (χ1) is 13.6. The molecule has 2 aromatic heterocycles. The topological polar surface area (TPSA) is 113 Å². The smallest absolute Gasteiger partial charge is 0.273 e. The van der Waals surface area contributed by atoms with Gasteiger partial charge in [0, 0.05) is 13.0 Å². The molecular formula is C20H19N5O3. The number of carbonyl (C=O) groups excluding carboxylic acids is 1. The number of aromatic nitrogens is 4. The van der Waals surface area contributed by atoms with E-state index in [0.717, 1.165) is 21.5 Å². The largest absolute Gasteiger partial charge is 0.354 e. The molecule has 0 aliphatic heterocycles. The fourth-order valence-electron chi connectivity index (χ4n) is 3.17. The molecule has 0 atom stereocenters. The summed E-state index contributed by atoms with van der Waals surface area (Å²) in [6, 6.07) is 14.3. The molecule has 2 heterocycles. The first kappa shape index (κ1) is 17.7. The number of nitrogens with one attached hydrogen (secondary N) is 3. The van der Waals surface area contributed by atoms with E-state index < -0.39 is 11.1 Å². The molecule has 0 saturated carbocycles. The minimum absolute atomic E-state index is 0.233. The van der Waals surface area contributed by atoms with Crippen molar-refractivity contribution in [3.05, 3.63) is 75.1 Å². The number of nitrogens with zero attached hydrogens (tertiary/aromatic N) is 2. The number of aromatic amines is 2. The van der Waals surface area contributed by atoms with Crippen LogP contribution in [0.5, 0.6) is 0 Å². The maximum atomic E-state index is 12.4. The van der Waals surface area contributed by atoms with E-state index in [-0.39, 0.29) is 12.5 Å². The first-order valence-corrected chi connectivity index (χ1v) is 9.04. The minimum Gasteiger partial charge on any atom is -0.354 e. The highest BCUT2D eigenvalue weighted by atomic mass is 16.2. The summed E-state index contributed by atoms with van der Waals surface area (Å²) in [6.45, 7) is 0.214. The highest BCUT2D eigenvalue weighted by Crippen LogP contribution is 2.11. The van der Waals surface area contributed by atoms with Crippen LogP contribution in [0.25, 0.3) is 21.8 Å². The Bertz CT molecular complexity index is 1240. The Morgan fingerprint density at radius 3 is 2.61 bits per heavy atom. The van der Waals surface area contributed by atoms with E-state index >= 15 is 0 Å². The number of rotatable bonds is 6. The van der Waals surface area contributed by atoms with E-state index in [2.05, 4.69) is 20.4 Å². The number of hydrogen-bond acceptors (Lipinski definition) is 4. The predicted octanol–water partition coefficient (Wildman–Crippen LogP) is 1.32. The van der Waals surface area contributed by atoms with Gasteiger partial charge in [-0.15, -0.1) is 0 Å². The zero-order valence-electron chi connectivity index (χ0n) is 15.1. The van der Waals surface area contributed by atoms with Gasteiger partial charge >= 0.3 is 0 Å². The third-order valence-corrected chi connectivity index (χ3v) is 4.54. The molecule has 0 aliphatic rings. The van der Waals surface area contributed by atoms with Crippen molar-refractivity contribution in [2.45, 2.75) is 19.4 Å². The summed E-state index contributed by atoms with van der Waals surface area (Å²) < 4.78 is 1.04. The van der Waals surface area contributed by atoms with Crippen LogP contribution in [0.4, 0.5) is 0 Å². The highest BCUT2D eigenvalue weighted by Gasteiger charge is 2.10. The lowest BCUT2D eigenvalue weighted by atomic mass is 10.2. The van der Waals surface area contributed by atoms with Crippen molar-refractivity contribution >= 4 is 27.7 Å². The van der Waals surface area contributed by atoms with Crippen LogP contribution in [0.2, 0.25) is 0 Å². The van der Waals surface area contributed by atoms with Crippen LogP contribution >= 0.6 is 0 Å². The second kappa shape index (κ2) is 7.51. The van der Waals surface area contributed by atoms with Gasteiger partial charge in [-0.25, -0.2) is 9.67 Å². The fourth-order valence-corrected chi connectivity index (χ4v) is 3.17. The minimum atomic E-state index is -0.396. The lowest BCUT2D eigenvalue weighted by molar-refractivity contribution is -0.121. The molecule has 4 rings (SSSR count). The molecule has 1 amide bonds. The highest BCUT2D eigenvalue weighted by molar-refractivity contribution is 5.81. The summed E-state index contributed by atoms with van der Waals surface area (Å²) in [7, 11) is 0. The van der Waals surface area contributed by atoms with Gasteiger partial charge in [0.05, 0.1) is 21.8 Å². The van der Waals surface area contributed by atoms with Gasteiger partial charge < -0.3 is 10.3 Å². The number of para-hydroxylation sites is 2. The van der Waals surface area contributed by atoms with Crippen LogP contribution < -0.4 is 16.4 Å². The molecule has 4 aromatic rings. The normalized spacial score (nSPS) is 11.1. The van der Waals surface area contributed by atoms with Crippen LogP contribution in [-0.2, 0) is 17.8 Å². The summed E-state index contributed by atoms with van der Waals surface area (Å²) in [5.74, 6) is 0.531. The van der Waals surface area contributed by atoms with Crippen molar-refractivity contribution in [3.8, 4) is 0 Å². The number of H-pyrrole nitrogens is 2. The van der Waals surface area contributed by atoms with Crippen molar-refractivity contribution in [1.82, 2.24) is 25.1 Å². The van der Waals surface area contributed by atoms with Gasteiger partial charge in [0.1, 0.15) is 12.4 Å². The molecule has 0 saturated heterocycles. The molecular weight excluding hydrogens is 358 g/mol. The van der Waals surface area contributed by atoms with Gasteiger partial charge in [0.2, 0.25) is 5.91 Å². The van der Waals surface area contributed by atoms with Crippen LogP contribution in [0.3, 0.4) is 0 Å². The number of benzene rings is 2. The molecule has 2 aromatic carbocycles. The second-order valence-electron chi connectivity index (χ2n) is 6.53. The van der Waals surface area contributed by atoms with Gasteiger partial charge in [0.25, 0.3) is 11.1 Å². The van der Waals surface area contributed by atoms with Crippen molar-refractivity contribution in [2.75, 3.05) is 6.54 Å². The van der Waals surface area contributed by atoms with E-state index in [9.17, 15) is 14.4 Å². The van der Waals surface area contributed by atoms with Gasteiger partial charge in [0.15, 0.2) is 0 Å².